The Balaban J connectivity index is 0.00000280. The molecule has 3 heterocycles. The molecule has 5 N–H and O–H groups in total. The molecule has 0 amide bonds. The maximum Gasteiger partial charge on any atom is 1.00 e. The zero-order valence-electron chi connectivity index (χ0n) is 15.4. The number of hydrogen-bond donors (Lipinski definition) is 5. The smallest absolute Gasteiger partial charge is 0.544 e. The van der Waals surface area contributed by atoms with Gasteiger partial charge in [0, 0.05) is 0 Å². The Labute approximate surface area is 182 Å². The summed E-state index contributed by atoms with van der Waals surface area (Å²) < 4.78 is 26.5. The molecule has 0 aromatic rings. The van der Waals surface area contributed by atoms with Crippen LogP contribution in [0.5, 0.6) is 0 Å². The van der Waals surface area contributed by atoms with Crippen molar-refractivity contribution in [2.45, 2.75) is 67.8 Å². The van der Waals surface area contributed by atoms with Crippen molar-refractivity contribution in [1.29, 1.82) is 0 Å². The minimum absolute atomic E-state index is 0. The Morgan fingerprint density at radius 3 is 2.57 bits per heavy atom. The second kappa shape index (κ2) is 9.47. The van der Waals surface area contributed by atoms with Crippen molar-refractivity contribution in [2.24, 2.45) is 0 Å². The average Bonchev–Trinajstić information content (AvgIpc) is 3.00. The molecule has 0 aliphatic carbocycles. The van der Waals surface area contributed by atoms with Crippen LogP contribution in [0, 0.1) is 0 Å². The van der Waals surface area contributed by atoms with Gasteiger partial charge >= 0.3 is 29.6 Å². The van der Waals surface area contributed by atoms with Crippen molar-refractivity contribution in [3.8, 4) is 0 Å². The molecule has 3 aliphatic rings. The van der Waals surface area contributed by atoms with Gasteiger partial charge in [0.25, 0.3) is 0 Å². The third kappa shape index (κ3) is 4.54. The fourth-order valence-corrected chi connectivity index (χ4v) is 3.31. The zero-order chi connectivity index (χ0) is 19.9. The second-order valence-electron chi connectivity index (χ2n) is 6.87. The first-order valence-electron chi connectivity index (χ1n) is 8.47. The van der Waals surface area contributed by atoms with Crippen LogP contribution in [-0.2, 0) is 28.5 Å². The number of aliphatic carboxylic acids is 1. The number of carbonyl (C=O) groups is 1. The summed E-state index contributed by atoms with van der Waals surface area (Å²) in [7, 11) is 0. The van der Waals surface area contributed by atoms with Gasteiger partial charge in [-0.3, -0.25) is 0 Å². The molecule has 0 saturated carbocycles. The molecule has 0 unspecified atom stereocenters. The fourth-order valence-electron chi connectivity index (χ4n) is 3.31. The molecule has 13 heteroatoms. The van der Waals surface area contributed by atoms with Gasteiger partial charge in [0.15, 0.2) is 6.29 Å². The van der Waals surface area contributed by atoms with Gasteiger partial charge < -0.3 is 59.1 Å². The molecule has 3 aliphatic heterocycles. The average molecular weight is 418 g/mol. The van der Waals surface area contributed by atoms with Crippen LogP contribution in [0.25, 0.3) is 0 Å². The van der Waals surface area contributed by atoms with E-state index >= 15 is 0 Å². The molecule has 10 atom stereocenters. The van der Waals surface area contributed by atoms with Crippen LogP contribution in [0.3, 0.4) is 0 Å². The molecule has 3 fully saturated rings. The minimum atomic E-state index is -2.11. The number of ether oxygens (including phenoxy) is 5. The van der Waals surface area contributed by atoms with Crippen molar-refractivity contribution in [3.05, 3.63) is 0 Å². The van der Waals surface area contributed by atoms with E-state index in [4.69, 9.17) is 28.8 Å². The predicted octanol–water partition coefficient (Wildman–Crippen LogP) is -8.18. The number of fused-ring (bicyclic) bond motifs is 1. The molecular weight excluding hydrogens is 395 g/mol. The van der Waals surface area contributed by atoms with Crippen LogP contribution in [0.4, 0.5) is 0 Å². The molecule has 0 aromatic heterocycles. The Bertz CT molecular complexity index is 549. The van der Waals surface area contributed by atoms with E-state index in [1.54, 1.807) is 0 Å². The van der Waals surface area contributed by atoms with Crippen LogP contribution in [0.1, 0.15) is 6.92 Å². The van der Waals surface area contributed by atoms with Crippen LogP contribution >= 0.6 is 0 Å². The molecule has 28 heavy (non-hydrogen) atoms. The number of rotatable bonds is 5. The van der Waals surface area contributed by atoms with Gasteiger partial charge in [0.2, 0.25) is 5.79 Å². The second-order valence-corrected chi connectivity index (χ2v) is 6.87. The normalized spacial score (nSPS) is 47.1. The van der Waals surface area contributed by atoms with E-state index in [0.717, 1.165) is 6.92 Å². The summed E-state index contributed by atoms with van der Waals surface area (Å²) in [6.07, 6.45) is -11.6. The quantitative estimate of drug-likeness (QED) is 0.266. The number of aliphatic hydroxyl groups excluding tert-OH is 5. The zero-order valence-corrected chi connectivity index (χ0v) is 17.4. The summed E-state index contributed by atoms with van der Waals surface area (Å²) >= 11 is 0. The summed E-state index contributed by atoms with van der Waals surface area (Å²) in [6.45, 7) is 0.0146. The van der Waals surface area contributed by atoms with Gasteiger partial charge in [-0.25, -0.2) is 0 Å². The van der Waals surface area contributed by atoms with E-state index in [1.165, 1.54) is 0 Å². The van der Waals surface area contributed by atoms with E-state index in [9.17, 15) is 30.3 Å². The Kier molecular flexibility index (Phi) is 8.23. The van der Waals surface area contributed by atoms with Gasteiger partial charge in [0.05, 0.1) is 19.8 Å². The van der Waals surface area contributed by atoms with Crippen molar-refractivity contribution >= 4 is 5.97 Å². The number of carbonyl (C=O) groups excluding carboxylic acids is 1. The molecule has 3 rings (SSSR count). The van der Waals surface area contributed by atoms with E-state index in [-0.39, 0.29) is 42.8 Å². The third-order valence-corrected chi connectivity index (χ3v) is 4.92. The van der Waals surface area contributed by atoms with Crippen molar-refractivity contribution in [2.75, 3.05) is 19.8 Å². The summed E-state index contributed by atoms with van der Waals surface area (Å²) in [5.74, 6) is -3.75. The Morgan fingerprint density at radius 1 is 1.29 bits per heavy atom. The van der Waals surface area contributed by atoms with Gasteiger partial charge in [-0.15, -0.1) is 0 Å². The van der Waals surface area contributed by atoms with E-state index in [0.29, 0.717) is 0 Å². The van der Waals surface area contributed by atoms with Crippen LogP contribution in [-0.4, -0.2) is 112 Å². The van der Waals surface area contributed by atoms with Gasteiger partial charge in [0.1, 0.15) is 54.8 Å². The first-order chi connectivity index (χ1) is 12.7. The van der Waals surface area contributed by atoms with Gasteiger partial charge in [-0.2, -0.15) is 0 Å². The summed E-state index contributed by atoms with van der Waals surface area (Å²) in [5.41, 5.74) is 0. The largest absolute Gasteiger partial charge is 1.00 e. The number of carboxylic acid groups (broad SMARTS) is 1. The van der Waals surface area contributed by atoms with Crippen LogP contribution in [0.2, 0.25) is 0 Å². The molecule has 12 nitrogen and oxygen atoms in total. The Hall–Kier alpha value is 0.0700. The van der Waals surface area contributed by atoms with Crippen molar-refractivity contribution in [1.82, 2.24) is 0 Å². The van der Waals surface area contributed by atoms with Crippen LogP contribution in [0.15, 0.2) is 0 Å². The van der Waals surface area contributed by atoms with E-state index in [1.807, 2.05) is 0 Å². The fraction of sp³-hybridized carbons (Fsp3) is 0.933. The molecule has 0 radical (unpaired) electrons. The number of aliphatic hydroxyl groups is 5. The third-order valence-electron chi connectivity index (χ3n) is 4.92. The van der Waals surface area contributed by atoms with Crippen molar-refractivity contribution < 1.29 is 88.7 Å². The number of hydrogen-bond acceptors (Lipinski definition) is 12. The van der Waals surface area contributed by atoms with Crippen molar-refractivity contribution in [3.63, 3.8) is 0 Å². The summed E-state index contributed by atoms with van der Waals surface area (Å²) in [6, 6.07) is 0. The molecule has 3 saturated heterocycles. The van der Waals surface area contributed by atoms with Gasteiger partial charge in [-0.05, 0) is 6.92 Å². The maximum absolute atomic E-state index is 11.1. The van der Waals surface area contributed by atoms with Crippen LogP contribution < -0.4 is 34.7 Å². The Morgan fingerprint density at radius 2 is 1.96 bits per heavy atom. The van der Waals surface area contributed by atoms with E-state index in [2.05, 4.69) is 0 Å². The molecule has 0 aromatic carbocycles. The first-order valence-corrected chi connectivity index (χ1v) is 8.47. The number of carboxylic acids is 1. The topological polar surface area (TPSA) is 187 Å². The summed E-state index contributed by atoms with van der Waals surface area (Å²) in [4.78, 5) is 11.1. The van der Waals surface area contributed by atoms with E-state index < -0.39 is 73.5 Å². The van der Waals surface area contributed by atoms with Gasteiger partial charge in [-0.1, -0.05) is 0 Å². The molecule has 0 spiro atoms. The monoisotopic (exact) mass is 418 g/mol. The molecule has 156 valence electrons. The standard InChI is InChI=1S/C15H24O12.Na/c1-15(14(21)22)24-4-7-12(27-15)8(19)9(20)13(25-7)26-11-6(18)3-23-10(11)5(17)2-16;/h5-13,16-20H,2-4H2,1H3,(H,21,22);/q;+1/p-1/t5-,6+,7-,8-,9-,10+,11-,12+,13+,15-;/m1./s1. The first kappa shape index (κ1) is 24.3. The maximum atomic E-state index is 11.1. The minimum Gasteiger partial charge on any atom is -0.544 e. The molecular formula is C15H23NaO12. The SMILES string of the molecule is C[C@@]1(C(=O)[O-])OC[C@H]2O[C@@H](O[C@H]3[C@H]([C@H](O)CO)OC[C@@H]3O)[C@H](O)[C@@H](O)[C@H]2O1.[Na+]. The predicted molar refractivity (Wildman–Crippen MR) is 78.6 cm³/mol. The summed E-state index contributed by atoms with van der Waals surface area (Å²) in [5, 5.41) is 60.6. The molecule has 0 bridgehead atoms.